The van der Waals surface area contributed by atoms with Crippen LogP contribution in [0.25, 0.3) is 0 Å². The fraction of sp³-hybridized carbons (Fsp3) is 1.00. The lowest BCUT2D eigenvalue weighted by Gasteiger charge is -2.24. The Kier molecular flexibility index (Phi) is 6.80. The Hall–Kier alpha value is -0.240. The van der Waals surface area contributed by atoms with Crippen LogP contribution in [0.5, 0.6) is 0 Å². The molecule has 0 bridgehead atoms. The number of ether oxygens (including phenoxy) is 3. The van der Waals surface area contributed by atoms with Crippen molar-refractivity contribution in [2.24, 2.45) is 10.8 Å². The van der Waals surface area contributed by atoms with E-state index in [9.17, 15) is 15.3 Å². The molecule has 1 aliphatic heterocycles. The quantitative estimate of drug-likeness (QED) is 0.674. The van der Waals surface area contributed by atoms with Gasteiger partial charge in [-0.3, -0.25) is 0 Å². The van der Waals surface area contributed by atoms with Crippen molar-refractivity contribution in [2.45, 2.75) is 72.2 Å². The molecule has 5 atom stereocenters. The van der Waals surface area contributed by atoms with Crippen LogP contribution in [-0.2, 0) is 14.2 Å². The van der Waals surface area contributed by atoms with Crippen LogP contribution in [0.2, 0.25) is 0 Å². The van der Waals surface area contributed by atoms with E-state index in [4.69, 9.17) is 14.2 Å². The van der Waals surface area contributed by atoms with E-state index in [0.29, 0.717) is 13.2 Å². The minimum Gasteiger partial charge on any atom is -0.388 e. The molecule has 6 heteroatoms. The van der Waals surface area contributed by atoms with Crippen molar-refractivity contribution in [2.75, 3.05) is 19.8 Å². The summed E-state index contributed by atoms with van der Waals surface area (Å²) in [6.45, 7) is 13.0. The van der Waals surface area contributed by atoms with Crippen molar-refractivity contribution < 1.29 is 29.5 Å². The molecular formula is C16H32O6. The predicted octanol–water partition coefficient (Wildman–Crippen LogP) is 0.919. The molecule has 0 spiro atoms. The van der Waals surface area contributed by atoms with Crippen molar-refractivity contribution >= 4 is 0 Å². The minimum absolute atomic E-state index is 0.00720. The summed E-state index contributed by atoms with van der Waals surface area (Å²) in [7, 11) is 0. The first kappa shape index (κ1) is 19.8. The zero-order valence-corrected chi connectivity index (χ0v) is 14.6. The lowest BCUT2D eigenvalue weighted by Crippen LogP contribution is -2.41. The molecule has 0 saturated carbocycles. The second-order valence-corrected chi connectivity index (χ2v) is 8.47. The van der Waals surface area contributed by atoms with Crippen molar-refractivity contribution in [3.05, 3.63) is 0 Å². The summed E-state index contributed by atoms with van der Waals surface area (Å²) in [5.41, 5.74) is -0.0900. The molecule has 22 heavy (non-hydrogen) atoms. The molecule has 1 fully saturated rings. The van der Waals surface area contributed by atoms with E-state index in [1.54, 1.807) is 0 Å². The number of rotatable bonds is 6. The van der Waals surface area contributed by atoms with Crippen LogP contribution in [0.4, 0.5) is 0 Å². The predicted molar refractivity (Wildman–Crippen MR) is 82.4 cm³/mol. The largest absolute Gasteiger partial charge is 0.388 e. The lowest BCUT2D eigenvalue weighted by atomic mass is 9.98. The van der Waals surface area contributed by atoms with Gasteiger partial charge in [-0.15, -0.1) is 0 Å². The summed E-state index contributed by atoms with van der Waals surface area (Å²) in [5.74, 6) is 0. The first-order valence-electron chi connectivity index (χ1n) is 7.80. The molecule has 1 saturated heterocycles. The van der Waals surface area contributed by atoms with E-state index in [1.807, 2.05) is 41.5 Å². The highest BCUT2D eigenvalue weighted by Crippen LogP contribution is 2.27. The van der Waals surface area contributed by atoms with Gasteiger partial charge in [-0.1, -0.05) is 41.5 Å². The Balaban J connectivity index is 2.47. The molecular weight excluding hydrogens is 288 g/mol. The third-order valence-corrected chi connectivity index (χ3v) is 3.14. The van der Waals surface area contributed by atoms with Crippen molar-refractivity contribution in [1.82, 2.24) is 0 Å². The first-order valence-corrected chi connectivity index (χ1v) is 7.80. The van der Waals surface area contributed by atoms with Gasteiger partial charge in [0.15, 0.2) is 6.29 Å². The maximum absolute atomic E-state index is 10.1. The van der Waals surface area contributed by atoms with E-state index < -0.39 is 30.7 Å². The van der Waals surface area contributed by atoms with Gasteiger partial charge in [-0.25, -0.2) is 0 Å². The Morgan fingerprint density at radius 2 is 1.50 bits per heavy atom. The third-order valence-electron chi connectivity index (χ3n) is 3.14. The minimum atomic E-state index is -1.20. The molecule has 0 amide bonds. The third kappa shape index (κ3) is 6.48. The van der Waals surface area contributed by atoms with E-state index in [0.717, 1.165) is 0 Å². The summed E-state index contributed by atoms with van der Waals surface area (Å²) in [5, 5.41) is 30.1. The summed E-state index contributed by atoms with van der Waals surface area (Å²) in [6, 6.07) is 0. The van der Waals surface area contributed by atoms with E-state index >= 15 is 0 Å². The molecule has 0 radical (unpaired) electrons. The van der Waals surface area contributed by atoms with Crippen LogP contribution < -0.4 is 0 Å². The first-order chi connectivity index (χ1) is 9.91. The van der Waals surface area contributed by atoms with E-state index in [2.05, 4.69) is 0 Å². The van der Waals surface area contributed by atoms with Crippen LogP contribution in [0.3, 0.4) is 0 Å². The maximum Gasteiger partial charge on any atom is 0.186 e. The second kappa shape index (κ2) is 7.55. The summed E-state index contributed by atoms with van der Waals surface area (Å²) >= 11 is 0. The second-order valence-electron chi connectivity index (χ2n) is 8.47. The van der Waals surface area contributed by atoms with Crippen LogP contribution in [0.15, 0.2) is 0 Å². The van der Waals surface area contributed by atoms with Gasteiger partial charge in [0.2, 0.25) is 0 Å². The molecule has 132 valence electrons. The van der Waals surface area contributed by atoms with Crippen molar-refractivity contribution in [1.29, 1.82) is 0 Å². The van der Waals surface area contributed by atoms with Crippen LogP contribution >= 0.6 is 0 Å². The Labute approximate surface area is 133 Å². The molecule has 0 aliphatic carbocycles. The normalized spacial score (nSPS) is 31.5. The molecule has 1 unspecified atom stereocenters. The number of hydrogen-bond acceptors (Lipinski definition) is 6. The average molecular weight is 320 g/mol. The van der Waals surface area contributed by atoms with Crippen molar-refractivity contribution in [3.63, 3.8) is 0 Å². The van der Waals surface area contributed by atoms with Gasteiger partial charge >= 0.3 is 0 Å². The zero-order valence-electron chi connectivity index (χ0n) is 14.6. The highest BCUT2D eigenvalue weighted by Gasteiger charge is 2.46. The van der Waals surface area contributed by atoms with Crippen LogP contribution in [-0.4, -0.2) is 65.8 Å². The van der Waals surface area contributed by atoms with E-state index in [1.165, 1.54) is 0 Å². The van der Waals surface area contributed by atoms with Gasteiger partial charge in [0.25, 0.3) is 0 Å². The monoisotopic (exact) mass is 320 g/mol. The lowest BCUT2D eigenvalue weighted by molar-refractivity contribution is -0.192. The Morgan fingerprint density at radius 1 is 0.955 bits per heavy atom. The Morgan fingerprint density at radius 3 is 2.00 bits per heavy atom. The van der Waals surface area contributed by atoms with Gasteiger partial charge in [-0.05, 0) is 10.8 Å². The summed E-state index contributed by atoms with van der Waals surface area (Å²) in [6.07, 6.45) is -5.24. The van der Waals surface area contributed by atoms with Crippen LogP contribution in [0.1, 0.15) is 41.5 Å². The highest BCUT2D eigenvalue weighted by molar-refractivity contribution is 4.91. The molecule has 1 aliphatic rings. The number of aliphatic hydroxyl groups excluding tert-OH is 3. The van der Waals surface area contributed by atoms with Gasteiger partial charge < -0.3 is 29.5 Å². The molecule has 0 aromatic rings. The Bertz CT molecular complexity index is 333. The average Bonchev–Trinajstić information content (AvgIpc) is 2.61. The summed E-state index contributed by atoms with van der Waals surface area (Å²) < 4.78 is 16.4. The highest BCUT2D eigenvalue weighted by atomic mass is 16.7. The van der Waals surface area contributed by atoms with Crippen LogP contribution in [0, 0.1) is 10.8 Å². The standard InChI is InChI=1S/C16H32O6/c1-15(2,3)8-20-7-10(17)13-11(18)12(19)14(22-13)21-9-16(4,5)6/h10-14,17-19H,7-9H2,1-6H3/t10?,11-,12-,13+,14-/m0/s1. The molecule has 0 aromatic carbocycles. The molecule has 1 rings (SSSR count). The zero-order chi connectivity index (χ0) is 17.1. The fourth-order valence-corrected chi connectivity index (χ4v) is 2.04. The molecule has 1 heterocycles. The van der Waals surface area contributed by atoms with Gasteiger partial charge in [0, 0.05) is 0 Å². The fourth-order valence-electron chi connectivity index (χ4n) is 2.04. The van der Waals surface area contributed by atoms with Gasteiger partial charge in [0.05, 0.1) is 19.8 Å². The molecule has 0 aromatic heterocycles. The maximum atomic E-state index is 10.1. The van der Waals surface area contributed by atoms with E-state index in [-0.39, 0.29) is 17.4 Å². The molecule has 3 N–H and O–H groups in total. The number of hydrogen-bond donors (Lipinski definition) is 3. The van der Waals surface area contributed by atoms with Crippen molar-refractivity contribution in [3.8, 4) is 0 Å². The SMILES string of the molecule is CC(C)(C)COCC(O)[C@H]1O[C@H](OCC(C)(C)C)[C@@H](O)[C@@H]1O. The number of aliphatic hydroxyl groups is 3. The molecule has 6 nitrogen and oxygen atoms in total. The smallest absolute Gasteiger partial charge is 0.186 e. The van der Waals surface area contributed by atoms with Gasteiger partial charge in [-0.2, -0.15) is 0 Å². The van der Waals surface area contributed by atoms with Gasteiger partial charge in [0.1, 0.15) is 24.4 Å². The topological polar surface area (TPSA) is 88.4 Å². The summed E-state index contributed by atoms with van der Waals surface area (Å²) in [4.78, 5) is 0.